The molecule has 3 heteroatoms. The number of carboxylic acid groups (broad SMARTS) is 1. The normalized spacial score (nSPS) is 11.3. The fourth-order valence-electron chi connectivity index (χ4n) is 2.68. The molecule has 2 N–H and O–H groups in total. The monoisotopic (exact) mass is 312 g/mol. The highest BCUT2D eigenvalue weighted by atomic mass is 16.4. The van der Waals surface area contributed by atoms with E-state index in [9.17, 15) is 4.79 Å². The minimum Gasteiger partial charge on any atom is -0.478 e. The molecule has 0 fully saturated rings. The van der Waals surface area contributed by atoms with Crippen LogP contribution in [0.2, 0.25) is 0 Å². The van der Waals surface area contributed by atoms with E-state index >= 15 is 0 Å². The maximum absolute atomic E-state index is 10.3. The number of carboxylic acids is 1. The molecule has 3 nitrogen and oxygen atoms in total. The Morgan fingerprint density at radius 3 is 1.36 bits per heavy atom. The van der Waals surface area contributed by atoms with E-state index in [2.05, 4.69) is 0 Å². The lowest BCUT2D eigenvalue weighted by Crippen LogP contribution is -1.86. The van der Waals surface area contributed by atoms with Gasteiger partial charge in [-0.05, 0) is 19.3 Å². The summed E-state index contributed by atoms with van der Waals surface area (Å²) in [5.41, 5.74) is 0. The average Bonchev–Trinajstić information content (AvgIpc) is 2.50. The third-order valence-corrected chi connectivity index (χ3v) is 4.04. The van der Waals surface area contributed by atoms with Crippen molar-refractivity contribution in [2.45, 2.75) is 96.3 Å². The predicted octanol–water partition coefficient (Wildman–Crippen LogP) is 5.47. The largest absolute Gasteiger partial charge is 0.478 e. The number of hydrogen-bond acceptors (Lipinski definition) is 2. The van der Waals surface area contributed by atoms with E-state index in [0.717, 1.165) is 19.3 Å². The van der Waals surface area contributed by atoms with Crippen LogP contribution in [0.3, 0.4) is 0 Å². The molecule has 0 heterocycles. The molecule has 0 saturated heterocycles. The fraction of sp³-hybridized carbons (Fsp3) is 0.842. The summed E-state index contributed by atoms with van der Waals surface area (Å²) in [4.78, 5) is 10.3. The number of carbonyl (C=O) groups is 1. The molecule has 0 aliphatic rings. The first-order valence-electron chi connectivity index (χ1n) is 9.27. The Hall–Kier alpha value is -0.830. The van der Waals surface area contributed by atoms with Gasteiger partial charge in [0.25, 0.3) is 0 Å². The van der Waals surface area contributed by atoms with E-state index < -0.39 is 5.97 Å². The van der Waals surface area contributed by atoms with E-state index in [0.29, 0.717) is 6.61 Å². The lowest BCUT2D eigenvalue weighted by atomic mass is 10.0. The van der Waals surface area contributed by atoms with Crippen molar-refractivity contribution in [1.29, 1.82) is 0 Å². The second-order valence-corrected chi connectivity index (χ2v) is 6.20. The van der Waals surface area contributed by atoms with Crippen molar-refractivity contribution >= 4 is 5.97 Å². The summed E-state index contributed by atoms with van der Waals surface area (Å²) in [5, 5.41) is 17.1. The van der Waals surface area contributed by atoms with Gasteiger partial charge in [-0.2, -0.15) is 0 Å². The van der Waals surface area contributed by atoms with E-state index in [-0.39, 0.29) is 0 Å². The summed E-state index contributed by atoms with van der Waals surface area (Å²) in [6.07, 6.45) is 21.8. The van der Waals surface area contributed by atoms with Crippen molar-refractivity contribution in [3.63, 3.8) is 0 Å². The average molecular weight is 312 g/mol. The molecule has 0 aromatic heterocycles. The van der Waals surface area contributed by atoms with Crippen LogP contribution in [-0.2, 0) is 4.79 Å². The van der Waals surface area contributed by atoms with Crippen LogP contribution in [0.25, 0.3) is 0 Å². The minimum absolute atomic E-state index is 0.346. The van der Waals surface area contributed by atoms with Crippen LogP contribution in [-0.4, -0.2) is 22.8 Å². The van der Waals surface area contributed by atoms with Gasteiger partial charge in [-0.15, -0.1) is 0 Å². The maximum atomic E-state index is 10.3. The van der Waals surface area contributed by atoms with Gasteiger partial charge in [0.05, 0.1) is 0 Å². The topological polar surface area (TPSA) is 57.5 Å². The van der Waals surface area contributed by atoms with Gasteiger partial charge in [0.15, 0.2) is 0 Å². The molecule has 0 aromatic rings. The Morgan fingerprint density at radius 2 is 1.00 bits per heavy atom. The first-order valence-corrected chi connectivity index (χ1v) is 9.27. The quantitative estimate of drug-likeness (QED) is 0.276. The smallest absolute Gasteiger partial charge is 0.327 e. The van der Waals surface area contributed by atoms with E-state index in [1.54, 1.807) is 6.08 Å². The van der Waals surface area contributed by atoms with E-state index in [4.69, 9.17) is 10.2 Å². The third-order valence-electron chi connectivity index (χ3n) is 4.04. The Labute approximate surface area is 136 Å². The van der Waals surface area contributed by atoms with Crippen molar-refractivity contribution in [2.75, 3.05) is 6.61 Å². The van der Waals surface area contributed by atoms with E-state index in [1.165, 1.54) is 83.1 Å². The molecule has 130 valence electrons. The summed E-state index contributed by atoms with van der Waals surface area (Å²) in [7, 11) is 0. The number of aliphatic hydroxyl groups is 1. The van der Waals surface area contributed by atoms with Crippen LogP contribution in [0.4, 0.5) is 0 Å². The highest BCUT2D eigenvalue weighted by Crippen LogP contribution is 2.13. The van der Waals surface area contributed by atoms with Gasteiger partial charge in [0, 0.05) is 12.7 Å². The summed E-state index contributed by atoms with van der Waals surface area (Å²) >= 11 is 0. The van der Waals surface area contributed by atoms with Crippen LogP contribution in [0.1, 0.15) is 96.3 Å². The fourth-order valence-corrected chi connectivity index (χ4v) is 2.68. The standard InChI is InChI=1S/C19H36O3/c20-18-16-14-12-10-8-6-4-2-1-3-5-7-9-11-13-15-17-19(21)22/h15,17,20H,1-14,16,18H2,(H,21,22)/b17-15+. The van der Waals surface area contributed by atoms with Crippen LogP contribution in [0.5, 0.6) is 0 Å². The molecular weight excluding hydrogens is 276 g/mol. The second kappa shape index (κ2) is 18.2. The molecule has 0 atom stereocenters. The number of unbranched alkanes of at least 4 members (excludes halogenated alkanes) is 14. The van der Waals surface area contributed by atoms with Gasteiger partial charge in [0.2, 0.25) is 0 Å². The zero-order valence-corrected chi connectivity index (χ0v) is 14.3. The summed E-state index contributed by atoms with van der Waals surface area (Å²) in [6.45, 7) is 0.346. The first kappa shape index (κ1) is 21.2. The van der Waals surface area contributed by atoms with Crippen molar-refractivity contribution in [2.24, 2.45) is 0 Å². The summed E-state index contributed by atoms with van der Waals surface area (Å²) in [5.74, 6) is -0.842. The van der Waals surface area contributed by atoms with Crippen LogP contribution >= 0.6 is 0 Å². The lowest BCUT2D eigenvalue weighted by molar-refractivity contribution is -0.131. The maximum Gasteiger partial charge on any atom is 0.327 e. The van der Waals surface area contributed by atoms with Crippen molar-refractivity contribution < 1.29 is 15.0 Å². The van der Waals surface area contributed by atoms with Crippen LogP contribution in [0.15, 0.2) is 12.2 Å². The molecule has 0 rings (SSSR count). The zero-order chi connectivity index (χ0) is 16.3. The van der Waals surface area contributed by atoms with Gasteiger partial charge in [-0.3, -0.25) is 0 Å². The number of hydrogen-bond donors (Lipinski definition) is 2. The van der Waals surface area contributed by atoms with Gasteiger partial charge in [0.1, 0.15) is 0 Å². The molecule has 0 spiro atoms. The zero-order valence-electron chi connectivity index (χ0n) is 14.3. The van der Waals surface area contributed by atoms with Gasteiger partial charge in [-0.1, -0.05) is 83.1 Å². The molecule has 22 heavy (non-hydrogen) atoms. The van der Waals surface area contributed by atoms with Gasteiger partial charge < -0.3 is 10.2 Å². The van der Waals surface area contributed by atoms with Gasteiger partial charge in [-0.25, -0.2) is 4.79 Å². The lowest BCUT2D eigenvalue weighted by Gasteiger charge is -2.03. The molecule has 0 amide bonds. The third kappa shape index (κ3) is 19.2. The Kier molecular flexibility index (Phi) is 17.5. The Morgan fingerprint density at radius 1 is 0.636 bits per heavy atom. The highest BCUT2D eigenvalue weighted by molar-refractivity contribution is 5.79. The molecule has 0 radical (unpaired) electrons. The molecule has 0 aromatic carbocycles. The number of aliphatic carboxylic acids is 1. The molecular formula is C19H36O3. The Bertz CT molecular complexity index is 261. The summed E-state index contributed by atoms with van der Waals surface area (Å²) < 4.78 is 0. The minimum atomic E-state index is -0.842. The number of rotatable bonds is 17. The SMILES string of the molecule is O=C(O)/C=C/CCCCCCCCCCCCCCCCO. The van der Waals surface area contributed by atoms with Crippen molar-refractivity contribution in [3.8, 4) is 0 Å². The molecule has 0 unspecified atom stereocenters. The first-order chi connectivity index (χ1) is 10.8. The molecule has 0 bridgehead atoms. The van der Waals surface area contributed by atoms with Crippen LogP contribution in [0, 0.1) is 0 Å². The predicted molar refractivity (Wildman–Crippen MR) is 93.1 cm³/mol. The number of aliphatic hydroxyl groups excluding tert-OH is 1. The van der Waals surface area contributed by atoms with Crippen molar-refractivity contribution in [3.05, 3.63) is 12.2 Å². The van der Waals surface area contributed by atoms with Gasteiger partial charge >= 0.3 is 5.97 Å². The van der Waals surface area contributed by atoms with Crippen molar-refractivity contribution in [1.82, 2.24) is 0 Å². The van der Waals surface area contributed by atoms with E-state index in [1.807, 2.05) is 0 Å². The highest BCUT2D eigenvalue weighted by Gasteiger charge is 1.94. The Balaban J connectivity index is 3.01. The second-order valence-electron chi connectivity index (χ2n) is 6.20. The molecule has 0 saturated carbocycles. The molecule has 0 aliphatic carbocycles. The summed E-state index contributed by atoms with van der Waals surface area (Å²) in [6, 6.07) is 0. The molecule has 0 aliphatic heterocycles. The van der Waals surface area contributed by atoms with Crippen LogP contribution < -0.4 is 0 Å². The number of allylic oxidation sites excluding steroid dienone is 1.